The molecule has 6 aromatic heterocycles. The Hall–Kier alpha value is -14.0. The van der Waals surface area contributed by atoms with Crippen molar-refractivity contribution in [3.8, 4) is 45.7 Å². The van der Waals surface area contributed by atoms with Gasteiger partial charge in [0.2, 0.25) is 6.67 Å². The molecule has 144 heavy (non-hydrogen) atoms. The summed E-state index contributed by atoms with van der Waals surface area (Å²) < 4.78 is 14.0. The van der Waals surface area contributed by atoms with E-state index in [4.69, 9.17) is 15.2 Å². The van der Waals surface area contributed by atoms with Crippen LogP contribution in [0.5, 0.6) is 11.5 Å². The Morgan fingerprint density at radius 1 is 0.535 bits per heavy atom. The molecule has 3 aliphatic heterocycles. The number of ether oxygens (including phenoxy) is 1. The fourth-order valence-corrected chi connectivity index (χ4v) is 22.9. The number of para-hydroxylation sites is 8. The number of ketones is 1. The molecule has 732 valence electrons. The topological polar surface area (TPSA) is 156 Å². The van der Waals surface area contributed by atoms with Crippen LogP contribution in [0.15, 0.2) is 486 Å². The molecule has 0 amide bonds. The number of hydrogen-bond acceptors (Lipinski definition) is 8. The Balaban J connectivity index is 0.000000153. The summed E-state index contributed by atoms with van der Waals surface area (Å²) in [5, 5.41) is 37.7. The van der Waals surface area contributed by atoms with Gasteiger partial charge in [-0.15, -0.1) is 78.0 Å². The molecule has 9 heterocycles. The van der Waals surface area contributed by atoms with E-state index < -0.39 is 15.8 Å². The number of carbonyl (C=O) groups is 1. The van der Waals surface area contributed by atoms with Gasteiger partial charge in [0, 0.05) is 85.3 Å². The summed E-state index contributed by atoms with van der Waals surface area (Å²) in [7, 11) is -1.74. The third kappa shape index (κ3) is 29.2. The van der Waals surface area contributed by atoms with E-state index in [1.54, 1.807) is 12.4 Å². The predicted octanol–water partition coefficient (Wildman–Crippen LogP) is 24.7. The molecule has 0 saturated carbocycles. The predicted molar refractivity (Wildman–Crippen MR) is 589 cm³/mol. The van der Waals surface area contributed by atoms with Crippen molar-refractivity contribution in [2.24, 2.45) is 5.92 Å². The van der Waals surface area contributed by atoms with Crippen LogP contribution in [0.25, 0.3) is 72.3 Å². The number of imidazole rings is 1. The minimum absolute atomic E-state index is 0. The van der Waals surface area contributed by atoms with Crippen molar-refractivity contribution in [3.63, 3.8) is 0 Å². The van der Waals surface area contributed by atoms with Crippen LogP contribution in [-0.4, -0.2) is 53.2 Å². The van der Waals surface area contributed by atoms with Crippen molar-refractivity contribution < 1.29 is 96.0 Å². The van der Waals surface area contributed by atoms with Crippen molar-refractivity contribution in [2.75, 3.05) is 6.16 Å². The summed E-state index contributed by atoms with van der Waals surface area (Å²) in [6.07, 6.45) is 16.6. The Morgan fingerprint density at radius 3 is 1.54 bits per heavy atom. The summed E-state index contributed by atoms with van der Waals surface area (Å²) >= 11 is 0. The molecule has 2 radical (unpaired) electrons. The van der Waals surface area contributed by atoms with Crippen LogP contribution in [0.1, 0.15) is 49.9 Å². The number of hydrogen-bond donors (Lipinski definition) is 1. The Kier molecular flexibility index (Phi) is 42.0. The van der Waals surface area contributed by atoms with Crippen molar-refractivity contribution in [1.82, 2.24) is 34.4 Å². The van der Waals surface area contributed by atoms with E-state index in [1.165, 1.54) is 102 Å². The van der Waals surface area contributed by atoms with Crippen LogP contribution in [0, 0.1) is 32.8 Å². The van der Waals surface area contributed by atoms with Gasteiger partial charge < -0.3 is 40.4 Å². The molecule has 3 aliphatic rings. The molecule has 14 aromatic carbocycles. The first-order valence-electron chi connectivity index (χ1n) is 46.6. The molecule has 20 aromatic rings. The molecule has 1 N–H and O–H groups in total. The van der Waals surface area contributed by atoms with Crippen molar-refractivity contribution in [1.29, 1.82) is 0 Å². The zero-order valence-corrected chi connectivity index (χ0v) is 88.0. The van der Waals surface area contributed by atoms with Crippen LogP contribution < -0.4 is 61.7 Å². The Bertz CT molecular complexity index is 7200. The number of benzene rings is 14. The maximum Gasteiger partial charge on any atom is 1.00 e. The molecular formula is C122H108BCu3N11O3P3Pt-2. The normalized spacial score (nSPS) is 11.3. The van der Waals surface area contributed by atoms with Crippen molar-refractivity contribution >= 4 is 130 Å². The number of allylic oxidation sites excluding steroid dienone is 4. The van der Waals surface area contributed by atoms with Gasteiger partial charge in [-0.1, -0.05) is 259 Å². The average Bonchev–Trinajstić information content (AvgIpc) is 1.55. The van der Waals surface area contributed by atoms with Gasteiger partial charge >= 0.3 is 23.9 Å². The van der Waals surface area contributed by atoms with Gasteiger partial charge in [-0.05, 0) is 181 Å². The van der Waals surface area contributed by atoms with Gasteiger partial charge in [0.05, 0.1) is 28.9 Å². The van der Waals surface area contributed by atoms with Gasteiger partial charge in [0.25, 0.3) is 5.65 Å². The molecule has 22 heteroatoms. The Labute approximate surface area is 896 Å². The largest absolute Gasteiger partial charge is 1.00 e. The van der Waals surface area contributed by atoms with Crippen molar-refractivity contribution in [3.05, 3.63) is 545 Å². The second-order valence-corrected chi connectivity index (χ2v) is 39.7. The van der Waals surface area contributed by atoms with Crippen LogP contribution in [0.3, 0.4) is 0 Å². The molecular weight excluding hydrogens is 2160 g/mol. The van der Waals surface area contributed by atoms with Crippen LogP contribution >= 0.6 is 24.4 Å². The van der Waals surface area contributed by atoms with Gasteiger partial charge in [0.1, 0.15) is 54.2 Å². The third-order valence-corrected chi connectivity index (χ3v) is 30.3. The van der Waals surface area contributed by atoms with Gasteiger partial charge in [-0.2, -0.15) is 27.2 Å². The van der Waals surface area contributed by atoms with E-state index in [0.29, 0.717) is 18.5 Å². The molecule has 0 bridgehead atoms. The quantitative estimate of drug-likeness (QED) is 0.0208. The molecule has 0 saturated heterocycles. The number of nitrogens with zero attached hydrogens (tertiary/aromatic N) is 11. The van der Waals surface area contributed by atoms with Crippen molar-refractivity contribution in [2.45, 2.75) is 40.9 Å². The number of rotatable bonds is 19. The second kappa shape index (κ2) is 55.6. The zero-order chi connectivity index (χ0) is 96.6. The fraction of sp³-hybridized carbons (Fsp3) is 0.0656. The molecule has 14 nitrogen and oxygen atoms in total. The summed E-state index contributed by atoms with van der Waals surface area (Å²) in [4.78, 5) is 25.1. The summed E-state index contributed by atoms with van der Waals surface area (Å²) in [5.74, 6) is 5.94. The first-order chi connectivity index (χ1) is 68.7. The van der Waals surface area contributed by atoms with E-state index in [1.807, 2.05) is 170 Å². The number of pyridine rings is 4. The molecule has 0 aliphatic carbocycles. The van der Waals surface area contributed by atoms with E-state index in [0.717, 1.165) is 101 Å². The van der Waals surface area contributed by atoms with Gasteiger partial charge in [-0.3, -0.25) is 31.9 Å². The second-order valence-electron chi connectivity index (χ2n) is 33.5. The summed E-state index contributed by atoms with van der Waals surface area (Å²) in [6, 6.07) is 149. The zero-order valence-electron chi connectivity index (χ0n) is 79.9. The maximum atomic E-state index is 10.0. The Morgan fingerprint density at radius 2 is 1.02 bits per heavy atom. The van der Waals surface area contributed by atoms with Crippen LogP contribution in [0.2, 0.25) is 0 Å². The van der Waals surface area contributed by atoms with Crippen LogP contribution in [0.4, 0.5) is 22.7 Å². The van der Waals surface area contributed by atoms with E-state index in [9.17, 15) is 4.79 Å². The summed E-state index contributed by atoms with van der Waals surface area (Å²) in [5.41, 5.74) is 17.2. The van der Waals surface area contributed by atoms with Crippen LogP contribution in [-0.2, 0) is 90.3 Å². The first kappa shape index (κ1) is 109. The number of aliphatic hydroxyl groups excluding tert-OH is 1. The molecule has 1 unspecified atom stereocenters. The molecule has 23 rings (SSSR count). The third-order valence-electron chi connectivity index (χ3n) is 23.0. The van der Waals surface area contributed by atoms with E-state index in [2.05, 4.69) is 381 Å². The number of aliphatic hydroxyl groups is 1. The average molecular weight is 2270 g/mol. The number of carbonyl (C=O) groups excluding carboxylic acids is 1. The SMILES string of the molecule is C1=CB2c3cccc[n+]3CN2C=C1.CC(=O)C=C(C)O.[CH2-]c1ccccc1[N-]c1ccccc1PCC(C)C.[CH2-]c1ccccc1[N-]c1ccccc1[CH2-].[Cu+].[Cu].[Cu].[Pt].[c-]1ccccc1-c1ccccn1.c1cc2c3c(c1)ccn1c4ccccc4[n+](c31)C2.c1ccc(-c2n[n-]c(-c3ccccn3)n2)cc1.c1ccc([PH+](c2ccccc2)c2ccccc2Oc2ccccc2[PH+](c2ccccc2)c2ccccc2)cc1. The minimum Gasteiger partial charge on any atom is -0.774 e. The van der Waals surface area contributed by atoms with Gasteiger partial charge in [-0.25, -0.2) is 42.0 Å². The monoisotopic (exact) mass is 2260 g/mol. The first-order valence-corrected chi connectivity index (χ1v) is 50.8. The molecule has 0 fully saturated rings. The maximum absolute atomic E-state index is 10.0. The fourth-order valence-electron chi connectivity index (χ4n) is 16.4. The molecule has 0 spiro atoms. The van der Waals surface area contributed by atoms with E-state index in [-0.39, 0.29) is 83.8 Å². The van der Waals surface area contributed by atoms with E-state index >= 15 is 0 Å². The standard InChI is InChI=1S/C36H28OP2.C17H20NP.C16H11N2.C14H12N.C13H9N4.C11H8N.C10H10BN2.C5H8O2.3Cu.Pt/c1-5-17-29(18-6-1)38(30-19-7-2-8-20-30)35-27-15-13-25-33(35)37-34-26-14-16-28-36(34)39(31-21-9-3-10-22-31)32-23-11-4-12-24-32;1-13(2)12-19-17-11-7-6-10-16(17)18-15-9-5-4-8-14(15)3;1-2-7-14-13(6-1)17-9-8-11-4-3-5-12-10-18(14)16(17)15(11)12;1-11-7-3-5-9-13(11)15-14-10-6-4-8-12(14)2;1-2-6-10(7-3-1)12-15-13(17-16-12)11-8-4-5-9-14-11;1-2-6-10(7-3-1)11-8-4-5-9-12-11;1-3-7-12-9-13-8-4-2-6-11(13)10(12)5-1;1-4(6)3-5(2)7;;;;/h1-28H;4-11,13,19H,3,12H2,1-2H3;1-9H,10H2;3-10H,1-2H2;1-9H;1-6,8-9H;1-8H,9H2;3,6H,1-2H3;;;;/q;-2;+1;-3;2*-1;+1;;;;+1;/p+2. The smallest absolute Gasteiger partial charge is 0.774 e. The number of fused-ring (bicyclic) bond motifs is 6. The minimum atomic E-state index is -1.28. The number of aromatic nitrogens is 8. The summed E-state index contributed by atoms with van der Waals surface area (Å²) in [6.45, 7) is 21.7. The van der Waals surface area contributed by atoms with Gasteiger partial charge in [0.15, 0.2) is 40.1 Å². The molecule has 1 atom stereocenters.